The zero-order valence-corrected chi connectivity index (χ0v) is 11.2. The molecule has 0 N–H and O–H groups in total. The Morgan fingerprint density at radius 2 is 2.22 bits per heavy atom. The Bertz CT molecular complexity index is 628. The molecule has 0 saturated heterocycles. The monoisotopic (exact) mass is 262 g/mol. The van der Waals surface area contributed by atoms with Crippen molar-refractivity contribution in [1.82, 2.24) is 9.55 Å². The number of carbonyl (C=O) groups excluding carboxylic acids is 1. The van der Waals surface area contributed by atoms with Crippen LogP contribution in [0.2, 0.25) is 0 Å². The molecule has 0 atom stereocenters. The van der Waals surface area contributed by atoms with Gasteiger partial charge in [-0.15, -0.1) is 11.3 Å². The maximum atomic E-state index is 12.0. The highest BCUT2D eigenvalue weighted by Gasteiger charge is 2.10. The van der Waals surface area contributed by atoms with Gasteiger partial charge < -0.3 is 0 Å². The van der Waals surface area contributed by atoms with Crippen LogP contribution in [0.5, 0.6) is 0 Å². The molecule has 18 heavy (non-hydrogen) atoms. The van der Waals surface area contributed by atoms with Gasteiger partial charge in [0.1, 0.15) is 0 Å². The second kappa shape index (κ2) is 5.27. The number of hydrogen-bond acceptors (Lipinski definition) is 4. The van der Waals surface area contributed by atoms with Crippen molar-refractivity contribution >= 4 is 17.1 Å². The summed E-state index contributed by atoms with van der Waals surface area (Å²) in [6.45, 7) is 3.85. The third-order valence-electron chi connectivity index (χ3n) is 2.62. The summed E-state index contributed by atoms with van der Waals surface area (Å²) in [5, 5.41) is 0. The van der Waals surface area contributed by atoms with Crippen LogP contribution in [0, 0.1) is 6.92 Å². The van der Waals surface area contributed by atoms with E-state index in [1.54, 1.807) is 6.92 Å². The Labute approximate surface area is 109 Å². The van der Waals surface area contributed by atoms with Crippen molar-refractivity contribution in [3.05, 3.63) is 50.3 Å². The molecule has 0 amide bonds. The van der Waals surface area contributed by atoms with Crippen LogP contribution in [0.25, 0.3) is 0 Å². The lowest BCUT2D eigenvalue weighted by atomic mass is 10.3. The van der Waals surface area contributed by atoms with E-state index in [2.05, 4.69) is 11.9 Å². The minimum atomic E-state index is -0.192. The Morgan fingerprint density at radius 1 is 1.44 bits per heavy atom. The SMILES string of the molecule is CCc1ccc(C(=O)Cn2cnc(C)cc2=O)s1. The fourth-order valence-corrected chi connectivity index (χ4v) is 2.46. The Kier molecular flexibility index (Phi) is 3.72. The maximum absolute atomic E-state index is 12.0. The standard InChI is InChI=1S/C13H14N2O2S/c1-3-10-4-5-12(18-10)11(16)7-15-8-14-9(2)6-13(15)17/h4-6,8H,3,7H2,1-2H3. The molecule has 0 fully saturated rings. The Morgan fingerprint density at radius 3 is 2.83 bits per heavy atom. The summed E-state index contributed by atoms with van der Waals surface area (Å²) in [4.78, 5) is 29.5. The quantitative estimate of drug-likeness (QED) is 0.792. The van der Waals surface area contributed by atoms with Crippen molar-refractivity contribution in [2.24, 2.45) is 0 Å². The van der Waals surface area contributed by atoms with Gasteiger partial charge in [0, 0.05) is 16.6 Å². The fourth-order valence-electron chi connectivity index (χ4n) is 1.59. The number of nitrogens with zero attached hydrogens (tertiary/aromatic N) is 2. The summed E-state index contributed by atoms with van der Waals surface area (Å²) < 4.78 is 1.33. The fraction of sp³-hybridized carbons (Fsp3) is 0.308. The zero-order valence-electron chi connectivity index (χ0n) is 10.3. The van der Waals surface area contributed by atoms with Gasteiger partial charge in [0.15, 0.2) is 5.78 Å². The molecule has 0 aromatic carbocycles. The summed E-state index contributed by atoms with van der Waals surface area (Å²) in [5.74, 6) is -0.0487. The van der Waals surface area contributed by atoms with Crippen LogP contribution in [-0.4, -0.2) is 15.3 Å². The zero-order chi connectivity index (χ0) is 13.1. The van der Waals surface area contributed by atoms with E-state index in [0.29, 0.717) is 10.6 Å². The predicted molar refractivity (Wildman–Crippen MR) is 71.3 cm³/mol. The molecule has 94 valence electrons. The van der Waals surface area contributed by atoms with Crippen molar-refractivity contribution < 1.29 is 4.79 Å². The first-order valence-electron chi connectivity index (χ1n) is 5.75. The van der Waals surface area contributed by atoms with Gasteiger partial charge in [-0.05, 0) is 25.5 Å². The summed E-state index contributed by atoms with van der Waals surface area (Å²) in [6, 6.07) is 5.20. The molecule has 4 nitrogen and oxygen atoms in total. The highest BCUT2D eigenvalue weighted by molar-refractivity contribution is 7.14. The number of carbonyl (C=O) groups is 1. The van der Waals surface area contributed by atoms with Crippen LogP contribution in [0.4, 0.5) is 0 Å². The lowest BCUT2D eigenvalue weighted by Gasteiger charge is -2.02. The second-order valence-corrected chi connectivity index (χ2v) is 5.21. The molecule has 0 radical (unpaired) electrons. The molecule has 0 bridgehead atoms. The molecule has 2 aromatic heterocycles. The lowest BCUT2D eigenvalue weighted by molar-refractivity contribution is 0.0974. The highest BCUT2D eigenvalue weighted by atomic mass is 32.1. The molecule has 0 aliphatic rings. The van der Waals surface area contributed by atoms with Crippen molar-refractivity contribution in [2.45, 2.75) is 26.8 Å². The van der Waals surface area contributed by atoms with E-state index in [0.717, 1.165) is 6.42 Å². The molecule has 5 heteroatoms. The highest BCUT2D eigenvalue weighted by Crippen LogP contribution is 2.17. The van der Waals surface area contributed by atoms with E-state index in [1.165, 1.54) is 33.2 Å². The van der Waals surface area contributed by atoms with Gasteiger partial charge in [0.05, 0.1) is 17.7 Å². The van der Waals surface area contributed by atoms with Crippen LogP contribution in [0.1, 0.15) is 27.2 Å². The molecule has 0 aliphatic carbocycles. The topological polar surface area (TPSA) is 52.0 Å². The van der Waals surface area contributed by atoms with E-state index in [1.807, 2.05) is 12.1 Å². The van der Waals surface area contributed by atoms with E-state index in [-0.39, 0.29) is 17.9 Å². The Balaban J connectivity index is 2.18. The van der Waals surface area contributed by atoms with Gasteiger partial charge in [0.2, 0.25) is 0 Å². The van der Waals surface area contributed by atoms with Crippen molar-refractivity contribution in [3.63, 3.8) is 0 Å². The molecule has 2 rings (SSSR count). The van der Waals surface area contributed by atoms with Crippen LogP contribution in [0.3, 0.4) is 0 Å². The molecule has 0 saturated carbocycles. The summed E-state index contributed by atoms with van der Waals surface area (Å²) >= 11 is 1.48. The molecular weight excluding hydrogens is 248 g/mol. The van der Waals surface area contributed by atoms with Crippen LogP contribution < -0.4 is 5.56 Å². The van der Waals surface area contributed by atoms with E-state index < -0.39 is 0 Å². The number of ketones is 1. The van der Waals surface area contributed by atoms with Gasteiger partial charge in [-0.3, -0.25) is 14.2 Å². The summed E-state index contributed by atoms with van der Waals surface area (Å²) in [7, 11) is 0. The molecule has 0 aliphatic heterocycles. The minimum Gasteiger partial charge on any atom is -0.291 e. The van der Waals surface area contributed by atoms with Crippen LogP contribution >= 0.6 is 11.3 Å². The first kappa shape index (κ1) is 12.7. The lowest BCUT2D eigenvalue weighted by Crippen LogP contribution is -2.23. The summed E-state index contributed by atoms with van der Waals surface area (Å²) in [6.07, 6.45) is 2.34. The number of thiophene rings is 1. The smallest absolute Gasteiger partial charge is 0.253 e. The van der Waals surface area contributed by atoms with Crippen LogP contribution in [0.15, 0.2) is 29.3 Å². The second-order valence-electron chi connectivity index (χ2n) is 4.04. The molecular formula is C13H14N2O2S. The molecule has 2 aromatic rings. The predicted octanol–water partition coefficient (Wildman–Crippen LogP) is 2.06. The van der Waals surface area contributed by atoms with Crippen molar-refractivity contribution in [2.75, 3.05) is 0 Å². The third kappa shape index (κ3) is 2.73. The summed E-state index contributed by atoms with van der Waals surface area (Å²) in [5.41, 5.74) is 0.469. The maximum Gasteiger partial charge on any atom is 0.253 e. The van der Waals surface area contributed by atoms with Gasteiger partial charge >= 0.3 is 0 Å². The van der Waals surface area contributed by atoms with Crippen molar-refractivity contribution in [3.8, 4) is 0 Å². The normalized spacial score (nSPS) is 10.6. The largest absolute Gasteiger partial charge is 0.291 e. The third-order valence-corrected chi connectivity index (χ3v) is 3.89. The first-order chi connectivity index (χ1) is 8.60. The van der Waals surface area contributed by atoms with Crippen LogP contribution in [-0.2, 0) is 13.0 Å². The van der Waals surface area contributed by atoms with Gasteiger partial charge in [-0.2, -0.15) is 0 Å². The number of hydrogen-bond donors (Lipinski definition) is 0. The van der Waals surface area contributed by atoms with Gasteiger partial charge in [-0.25, -0.2) is 4.98 Å². The number of aryl methyl sites for hydroxylation is 2. The molecule has 0 spiro atoms. The van der Waals surface area contributed by atoms with E-state index in [4.69, 9.17) is 0 Å². The number of Topliss-reactive ketones (excluding diaryl/α,β-unsaturated/α-hetero) is 1. The average Bonchev–Trinajstić information content (AvgIpc) is 2.81. The molecule has 0 unspecified atom stereocenters. The number of rotatable bonds is 4. The van der Waals surface area contributed by atoms with Gasteiger partial charge in [0.25, 0.3) is 5.56 Å². The first-order valence-corrected chi connectivity index (χ1v) is 6.57. The Hall–Kier alpha value is -1.75. The molecule has 2 heterocycles. The average molecular weight is 262 g/mol. The minimum absolute atomic E-state index is 0.0487. The van der Waals surface area contributed by atoms with Crippen molar-refractivity contribution in [1.29, 1.82) is 0 Å². The van der Waals surface area contributed by atoms with E-state index in [9.17, 15) is 9.59 Å². The van der Waals surface area contributed by atoms with Gasteiger partial charge in [-0.1, -0.05) is 6.92 Å². The van der Waals surface area contributed by atoms with E-state index >= 15 is 0 Å². The number of aromatic nitrogens is 2.